The fraction of sp³-hybridized carbons (Fsp3) is 0.286. The van der Waals surface area contributed by atoms with Crippen molar-refractivity contribution in [2.45, 2.75) is 30.6 Å². The van der Waals surface area contributed by atoms with Gasteiger partial charge in [-0.1, -0.05) is 42.0 Å². The van der Waals surface area contributed by atoms with Crippen molar-refractivity contribution < 1.29 is 22.7 Å². The van der Waals surface area contributed by atoms with E-state index in [1.165, 1.54) is 14.2 Å². The quantitative estimate of drug-likeness (QED) is 0.453. The summed E-state index contributed by atoms with van der Waals surface area (Å²) >= 11 is 0.778. The Bertz CT molecular complexity index is 1190. The fourth-order valence-corrected chi connectivity index (χ4v) is 5.16. The molecule has 1 aromatic heterocycles. The molecule has 11 heteroatoms. The summed E-state index contributed by atoms with van der Waals surface area (Å²) in [5, 5.41) is 10.2. The molecule has 32 heavy (non-hydrogen) atoms. The Morgan fingerprint density at radius 2 is 1.75 bits per heavy atom. The van der Waals surface area contributed by atoms with Gasteiger partial charge in [0.2, 0.25) is 9.47 Å². The summed E-state index contributed by atoms with van der Waals surface area (Å²) in [6.45, 7) is 3.78. The highest BCUT2D eigenvalue weighted by atomic mass is 32.2. The number of amides is 1. The Morgan fingerprint density at radius 3 is 2.38 bits per heavy atom. The van der Waals surface area contributed by atoms with Gasteiger partial charge in [-0.2, -0.15) is 0 Å². The summed E-state index contributed by atoms with van der Waals surface area (Å²) < 4.78 is 38.7. The van der Waals surface area contributed by atoms with Gasteiger partial charge < -0.3 is 9.47 Å². The lowest BCUT2D eigenvalue weighted by Gasteiger charge is -2.18. The Hall–Kier alpha value is -3.02. The molecule has 0 aliphatic rings. The first-order valence-electron chi connectivity index (χ1n) is 9.73. The molecule has 0 radical (unpaired) electrons. The van der Waals surface area contributed by atoms with Crippen LogP contribution in [0.15, 0.2) is 46.8 Å². The molecule has 0 aliphatic heterocycles. The van der Waals surface area contributed by atoms with Crippen LogP contribution < -0.4 is 19.5 Å². The molecule has 3 aromatic rings. The first-order valence-corrected chi connectivity index (χ1v) is 12.0. The molecule has 1 heterocycles. The second-order valence-electron chi connectivity index (χ2n) is 6.89. The SMILES string of the molecule is CC[C@H](NS(=O)(=O)c1nnc(NC(=O)c2ccc(C)cc2)s1)c1ccc(OC)c(OC)c1. The first kappa shape index (κ1) is 23.6. The summed E-state index contributed by atoms with van der Waals surface area (Å²) in [5.41, 5.74) is 2.18. The van der Waals surface area contributed by atoms with Gasteiger partial charge in [-0.3, -0.25) is 10.1 Å². The third kappa shape index (κ3) is 5.42. The largest absolute Gasteiger partial charge is 0.493 e. The number of hydrogen-bond acceptors (Lipinski definition) is 8. The lowest BCUT2D eigenvalue weighted by molar-refractivity contribution is 0.102. The first-order chi connectivity index (χ1) is 15.3. The second kappa shape index (κ2) is 10.1. The van der Waals surface area contributed by atoms with Crippen LogP contribution in [0.2, 0.25) is 0 Å². The number of anilines is 1. The van der Waals surface area contributed by atoms with E-state index in [2.05, 4.69) is 20.2 Å². The number of ether oxygens (including phenoxy) is 2. The lowest BCUT2D eigenvalue weighted by atomic mass is 10.1. The zero-order valence-electron chi connectivity index (χ0n) is 18.1. The van der Waals surface area contributed by atoms with Crippen LogP contribution in [0.4, 0.5) is 5.13 Å². The van der Waals surface area contributed by atoms with E-state index in [0.29, 0.717) is 29.0 Å². The van der Waals surface area contributed by atoms with Gasteiger partial charge in [0.25, 0.3) is 15.9 Å². The topological polar surface area (TPSA) is 120 Å². The van der Waals surface area contributed by atoms with Crippen molar-refractivity contribution in [2.75, 3.05) is 19.5 Å². The van der Waals surface area contributed by atoms with E-state index in [1.807, 2.05) is 26.0 Å². The minimum absolute atomic E-state index is 0.0927. The second-order valence-corrected chi connectivity index (χ2v) is 9.76. The van der Waals surface area contributed by atoms with Gasteiger partial charge in [0.05, 0.1) is 14.2 Å². The van der Waals surface area contributed by atoms with Crippen LogP contribution in [0.25, 0.3) is 0 Å². The summed E-state index contributed by atoms with van der Waals surface area (Å²) in [7, 11) is -0.924. The van der Waals surface area contributed by atoms with Crippen LogP contribution in [0.5, 0.6) is 11.5 Å². The average molecular weight is 477 g/mol. The molecule has 9 nitrogen and oxygen atoms in total. The highest BCUT2D eigenvalue weighted by Gasteiger charge is 2.25. The van der Waals surface area contributed by atoms with Gasteiger partial charge >= 0.3 is 0 Å². The summed E-state index contributed by atoms with van der Waals surface area (Å²) in [5.74, 6) is 0.654. The Labute approximate surface area is 190 Å². The Kier molecular flexibility index (Phi) is 7.44. The van der Waals surface area contributed by atoms with E-state index in [0.717, 1.165) is 16.9 Å². The molecular formula is C21H24N4O5S2. The third-order valence-corrected chi connectivity index (χ3v) is 7.36. The van der Waals surface area contributed by atoms with Crippen LogP contribution in [0.3, 0.4) is 0 Å². The number of hydrogen-bond donors (Lipinski definition) is 2. The van der Waals surface area contributed by atoms with E-state index in [4.69, 9.17) is 9.47 Å². The van der Waals surface area contributed by atoms with Crippen LogP contribution >= 0.6 is 11.3 Å². The zero-order chi connectivity index (χ0) is 23.3. The number of nitrogens with one attached hydrogen (secondary N) is 2. The number of methoxy groups -OCH3 is 2. The maximum absolute atomic E-state index is 12.9. The van der Waals surface area contributed by atoms with Crippen molar-refractivity contribution >= 4 is 32.4 Å². The lowest BCUT2D eigenvalue weighted by Crippen LogP contribution is -2.28. The number of nitrogens with zero attached hydrogens (tertiary/aromatic N) is 2. The van der Waals surface area contributed by atoms with Crippen LogP contribution in [-0.2, 0) is 10.0 Å². The molecule has 0 unspecified atom stereocenters. The standard InChI is InChI=1S/C21H24N4O5S2/c1-5-16(15-10-11-17(29-3)18(12-15)30-4)25-32(27,28)21-24-23-20(31-21)22-19(26)14-8-6-13(2)7-9-14/h6-12,16,25H,5H2,1-4H3,(H,22,23,26)/t16-/m0/s1. The van der Waals surface area contributed by atoms with Gasteiger partial charge in [0, 0.05) is 11.6 Å². The van der Waals surface area contributed by atoms with Gasteiger partial charge in [-0.15, -0.1) is 10.2 Å². The predicted molar refractivity (Wildman–Crippen MR) is 122 cm³/mol. The smallest absolute Gasteiger partial charge is 0.270 e. The number of carbonyl (C=O) groups is 1. The van der Waals surface area contributed by atoms with Crippen molar-refractivity contribution in [2.24, 2.45) is 0 Å². The fourth-order valence-electron chi connectivity index (χ4n) is 2.94. The van der Waals surface area contributed by atoms with E-state index in [1.54, 1.807) is 30.3 Å². The van der Waals surface area contributed by atoms with Crippen molar-refractivity contribution in [1.29, 1.82) is 0 Å². The highest BCUT2D eigenvalue weighted by Crippen LogP contribution is 2.32. The number of rotatable bonds is 9. The molecule has 0 saturated carbocycles. The van der Waals surface area contributed by atoms with E-state index in [-0.39, 0.29) is 9.47 Å². The molecule has 0 saturated heterocycles. The summed E-state index contributed by atoms with van der Waals surface area (Å²) in [4.78, 5) is 12.3. The maximum atomic E-state index is 12.9. The van der Waals surface area contributed by atoms with Gasteiger partial charge in [0.1, 0.15) is 0 Å². The van der Waals surface area contributed by atoms with Crippen LogP contribution in [0, 0.1) is 6.92 Å². The van der Waals surface area contributed by atoms with E-state index >= 15 is 0 Å². The number of aryl methyl sites for hydroxylation is 1. The van der Waals surface area contributed by atoms with Crippen LogP contribution in [-0.4, -0.2) is 38.7 Å². The van der Waals surface area contributed by atoms with Gasteiger partial charge in [0.15, 0.2) is 11.5 Å². The van der Waals surface area contributed by atoms with E-state index < -0.39 is 22.0 Å². The zero-order valence-corrected chi connectivity index (χ0v) is 19.7. The minimum atomic E-state index is -3.97. The average Bonchev–Trinajstić information content (AvgIpc) is 3.27. The molecule has 2 aromatic carbocycles. The highest BCUT2D eigenvalue weighted by molar-refractivity contribution is 7.91. The predicted octanol–water partition coefficient (Wildman–Crippen LogP) is 3.55. The molecule has 2 N–H and O–H groups in total. The normalized spacial score (nSPS) is 12.2. The van der Waals surface area contributed by atoms with Crippen molar-refractivity contribution in [3.8, 4) is 11.5 Å². The number of sulfonamides is 1. The Morgan fingerprint density at radius 1 is 1.06 bits per heavy atom. The monoisotopic (exact) mass is 476 g/mol. The van der Waals surface area contributed by atoms with Crippen molar-refractivity contribution in [3.63, 3.8) is 0 Å². The Balaban J connectivity index is 1.75. The van der Waals surface area contributed by atoms with Gasteiger partial charge in [-0.25, -0.2) is 13.1 Å². The van der Waals surface area contributed by atoms with Gasteiger partial charge in [-0.05, 0) is 43.2 Å². The number of carbonyl (C=O) groups excluding carboxylic acids is 1. The molecule has 0 fully saturated rings. The maximum Gasteiger partial charge on any atom is 0.270 e. The van der Waals surface area contributed by atoms with Crippen molar-refractivity contribution in [3.05, 3.63) is 59.2 Å². The molecular weight excluding hydrogens is 452 g/mol. The molecule has 0 aliphatic carbocycles. The van der Waals surface area contributed by atoms with Crippen LogP contribution in [0.1, 0.15) is 40.9 Å². The summed E-state index contributed by atoms with van der Waals surface area (Å²) in [6, 6.07) is 11.7. The molecule has 1 amide bonds. The molecule has 3 rings (SSSR count). The molecule has 170 valence electrons. The molecule has 1 atom stereocenters. The minimum Gasteiger partial charge on any atom is -0.493 e. The number of benzene rings is 2. The van der Waals surface area contributed by atoms with Crippen molar-refractivity contribution in [1.82, 2.24) is 14.9 Å². The molecule has 0 spiro atoms. The molecule has 0 bridgehead atoms. The van der Waals surface area contributed by atoms with E-state index in [9.17, 15) is 13.2 Å². The third-order valence-electron chi connectivity index (χ3n) is 4.69. The number of aromatic nitrogens is 2. The summed E-state index contributed by atoms with van der Waals surface area (Å²) in [6.07, 6.45) is 0.491.